The number of aromatic nitrogens is 2. The molecule has 9 heteroatoms. The molecule has 0 aliphatic rings. The summed E-state index contributed by atoms with van der Waals surface area (Å²) >= 11 is 0. The van der Waals surface area contributed by atoms with Gasteiger partial charge in [0.25, 0.3) is 10.0 Å². The van der Waals surface area contributed by atoms with E-state index >= 15 is 0 Å². The minimum atomic E-state index is -4.73. The van der Waals surface area contributed by atoms with Gasteiger partial charge in [0, 0.05) is 17.8 Å². The number of halogens is 3. The van der Waals surface area contributed by atoms with Crippen LogP contribution < -0.4 is 4.72 Å². The normalized spacial score (nSPS) is 12.3. The molecule has 3 aromatic rings. The first kappa shape index (κ1) is 16.2. The van der Waals surface area contributed by atoms with Crippen LogP contribution in [0.2, 0.25) is 0 Å². The lowest BCUT2D eigenvalue weighted by atomic mass is 10.2. The van der Waals surface area contributed by atoms with Crippen LogP contribution in [0.5, 0.6) is 0 Å². The van der Waals surface area contributed by atoms with Crippen molar-refractivity contribution in [3.8, 4) is 0 Å². The standard InChI is InChI=1S/C15H10F3N3O2S/c16-15(17,18)13-9-11(6-8-19-13)24(22,23)21-12-5-1-3-10-4-2-7-20-14(10)12/h1-9,21H. The monoisotopic (exact) mass is 353 g/mol. The Morgan fingerprint density at radius 2 is 1.71 bits per heavy atom. The van der Waals surface area contributed by atoms with Gasteiger partial charge >= 0.3 is 6.18 Å². The van der Waals surface area contributed by atoms with E-state index in [9.17, 15) is 21.6 Å². The van der Waals surface area contributed by atoms with E-state index in [4.69, 9.17) is 0 Å². The number of hydrogen-bond acceptors (Lipinski definition) is 4. The SMILES string of the molecule is O=S(=O)(Nc1cccc2cccnc12)c1ccnc(C(F)(F)F)c1. The van der Waals surface area contributed by atoms with Gasteiger partial charge in [0.1, 0.15) is 5.69 Å². The Kier molecular flexibility index (Phi) is 3.88. The first-order valence-corrected chi connectivity index (χ1v) is 8.15. The maximum atomic E-state index is 12.7. The van der Waals surface area contributed by atoms with Crippen LogP contribution in [0.25, 0.3) is 10.9 Å². The Morgan fingerprint density at radius 1 is 0.958 bits per heavy atom. The van der Waals surface area contributed by atoms with Crippen molar-refractivity contribution in [2.75, 3.05) is 4.72 Å². The fourth-order valence-corrected chi connectivity index (χ4v) is 3.20. The zero-order chi connectivity index (χ0) is 17.4. The Balaban J connectivity index is 2.03. The Hall–Kier alpha value is -2.68. The molecule has 0 aliphatic heterocycles. The van der Waals surface area contributed by atoms with Crippen LogP contribution in [0.15, 0.2) is 59.8 Å². The van der Waals surface area contributed by atoms with Gasteiger partial charge in [-0.3, -0.25) is 14.7 Å². The lowest BCUT2D eigenvalue weighted by molar-refractivity contribution is -0.141. The van der Waals surface area contributed by atoms with Gasteiger partial charge in [-0.1, -0.05) is 18.2 Å². The van der Waals surface area contributed by atoms with Gasteiger partial charge in [-0.25, -0.2) is 8.42 Å². The van der Waals surface area contributed by atoms with E-state index in [2.05, 4.69) is 14.7 Å². The summed E-state index contributed by atoms with van der Waals surface area (Å²) in [5, 5.41) is 0.698. The maximum absolute atomic E-state index is 12.7. The number of rotatable bonds is 3. The van der Waals surface area contributed by atoms with Crippen molar-refractivity contribution in [2.45, 2.75) is 11.1 Å². The lowest BCUT2D eigenvalue weighted by Crippen LogP contribution is -2.16. The molecule has 0 saturated carbocycles. The molecule has 0 unspecified atom stereocenters. The minimum Gasteiger partial charge on any atom is -0.277 e. The summed E-state index contributed by atoms with van der Waals surface area (Å²) < 4.78 is 65.2. The predicted molar refractivity (Wildman–Crippen MR) is 81.8 cm³/mol. The van der Waals surface area contributed by atoms with Crippen LogP contribution in [0.3, 0.4) is 0 Å². The molecular weight excluding hydrogens is 343 g/mol. The van der Waals surface area contributed by atoms with Crippen molar-refractivity contribution < 1.29 is 21.6 Å². The number of sulfonamides is 1. The van der Waals surface area contributed by atoms with Crippen molar-refractivity contribution in [2.24, 2.45) is 0 Å². The Morgan fingerprint density at radius 3 is 2.46 bits per heavy atom. The first-order valence-electron chi connectivity index (χ1n) is 6.67. The third-order valence-electron chi connectivity index (χ3n) is 3.21. The summed E-state index contributed by atoms with van der Waals surface area (Å²) in [6, 6.07) is 9.77. The molecule has 124 valence electrons. The van der Waals surface area contributed by atoms with Gasteiger partial charge in [0.15, 0.2) is 0 Å². The molecule has 0 bridgehead atoms. The van der Waals surface area contributed by atoms with Gasteiger partial charge < -0.3 is 0 Å². The number of benzene rings is 1. The van der Waals surface area contributed by atoms with E-state index in [0.29, 0.717) is 17.0 Å². The number of nitrogens with zero attached hydrogens (tertiary/aromatic N) is 2. The molecule has 0 spiro atoms. The van der Waals surface area contributed by atoms with E-state index in [1.807, 2.05) is 0 Å². The second-order valence-electron chi connectivity index (χ2n) is 4.86. The number of alkyl halides is 3. The van der Waals surface area contributed by atoms with Crippen LogP contribution in [-0.4, -0.2) is 18.4 Å². The molecule has 0 radical (unpaired) electrons. The number of hydrogen-bond donors (Lipinski definition) is 1. The fraction of sp³-hybridized carbons (Fsp3) is 0.0667. The molecule has 0 amide bonds. The van der Waals surface area contributed by atoms with Crippen LogP contribution >= 0.6 is 0 Å². The summed E-state index contributed by atoms with van der Waals surface area (Å²) in [6.45, 7) is 0. The summed E-state index contributed by atoms with van der Waals surface area (Å²) in [5.74, 6) is 0. The summed E-state index contributed by atoms with van der Waals surface area (Å²) in [5.41, 5.74) is -0.700. The average Bonchev–Trinajstić information content (AvgIpc) is 2.54. The molecule has 0 aliphatic carbocycles. The van der Waals surface area contributed by atoms with E-state index in [1.165, 1.54) is 12.3 Å². The average molecular weight is 353 g/mol. The molecule has 1 N–H and O–H groups in total. The van der Waals surface area contributed by atoms with Crippen LogP contribution in [-0.2, 0) is 16.2 Å². The topological polar surface area (TPSA) is 72.0 Å². The molecule has 0 atom stereocenters. The van der Waals surface area contributed by atoms with Gasteiger partial charge in [0.2, 0.25) is 0 Å². The largest absolute Gasteiger partial charge is 0.433 e. The van der Waals surface area contributed by atoms with Crippen molar-refractivity contribution in [3.05, 3.63) is 60.6 Å². The second-order valence-corrected chi connectivity index (χ2v) is 6.54. The lowest BCUT2D eigenvalue weighted by Gasteiger charge is -2.11. The molecule has 1 aromatic carbocycles. The van der Waals surface area contributed by atoms with E-state index in [1.54, 1.807) is 24.3 Å². The molecular formula is C15H10F3N3O2S. The predicted octanol–water partition coefficient (Wildman–Crippen LogP) is 3.45. The highest BCUT2D eigenvalue weighted by atomic mass is 32.2. The van der Waals surface area contributed by atoms with Crippen LogP contribution in [0, 0.1) is 0 Å². The van der Waals surface area contributed by atoms with Crippen molar-refractivity contribution in [1.82, 2.24) is 9.97 Å². The number of para-hydroxylation sites is 1. The van der Waals surface area contributed by atoms with E-state index in [-0.39, 0.29) is 5.69 Å². The second kappa shape index (κ2) is 5.75. The number of fused-ring (bicyclic) bond motifs is 1. The Labute approximate surface area is 135 Å². The smallest absolute Gasteiger partial charge is 0.277 e. The summed E-state index contributed by atoms with van der Waals surface area (Å²) in [4.78, 5) is 6.72. The van der Waals surface area contributed by atoms with Gasteiger partial charge in [-0.15, -0.1) is 0 Å². The molecule has 0 fully saturated rings. The zero-order valence-corrected chi connectivity index (χ0v) is 12.8. The fourth-order valence-electron chi connectivity index (χ4n) is 2.12. The molecule has 0 saturated heterocycles. The van der Waals surface area contributed by atoms with Gasteiger partial charge in [-0.2, -0.15) is 13.2 Å². The van der Waals surface area contributed by atoms with Crippen molar-refractivity contribution in [1.29, 1.82) is 0 Å². The van der Waals surface area contributed by atoms with E-state index in [0.717, 1.165) is 12.3 Å². The third kappa shape index (κ3) is 3.16. The Bertz CT molecular complexity index is 999. The first-order chi connectivity index (χ1) is 11.3. The number of pyridine rings is 2. The van der Waals surface area contributed by atoms with Crippen LogP contribution in [0.4, 0.5) is 18.9 Å². The van der Waals surface area contributed by atoms with Gasteiger partial charge in [-0.05, 0) is 24.3 Å². The summed E-state index contributed by atoms with van der Waals surface area (Å²) in [7, 11) is -4.22. The number of nitrogens with one attached hydrogen (secondary N) is 1. The molecule has 5 nitrogen and oxygen atoms in total. The van der Waals surface area contributed by atoms with Crippen LogP contribution in [0.1, 0.15) is 5.69 Å². The highest BCUT2D eigenvalue weighted by molar-refractivity contribution is 7.92. The molecule has 2 aromatic heterocycles. The quantitative estimate of drug-likeness (QED) is 0.783. The zero-order valence-electron chi connectivity index (χ0n) is 11.9. The van der Waals surface area contributed by atoms with Gasteiger partial charge in [0.05, 0.1) is 16.1 Å². The molecule has 24 heavy (non-hydrogen) atoms. The summed E-state index contributed by atoms with van der Waals surface area (Å²) in [6.07, 6.45) is -2.43. The minimum absolute atomic E-state index is 0.179. The molecule has 2 heterocycles. The van der Waals surface area contributed by atoms with Crippen molar-refractivity contribution in [3.63, 3.8) is 0 Å². The van der Waals surface area contributed by atoms with E-state index < -0.39 is 26.8 Å². The third-order valence-corrected chi connectivity index (χ3v) is 4.57. The maximum Gasteiger partial charge on any atom is 0.433 e. The highest BCUT2D eigenvalue weighted by Crippen LogP contribution is 2.29. The van der Waals surface area contributed by atoms with Crippen molar-refractivity contribution >= 4 is 26.6 Å². The number of anilines is 1. The molecule has 3 rings (SSSR count). The highest BCUT2D eigenvalue weighted by Gasteiger charge is 2.33.